The zero-order valence-corrected chi connectivity index (χ0v) is 25.2. The molecular weight excluding hydrogens is 641 g/mol. The molecule has 2 aromatic carbocycles. The van der Waals surface area contributed by atoms with Gasteiger partial charge in [0.1, 0.15) is 12.3 Å². The van der Waals surface area contributed by atoms with Gasteiger partial charge >= 0.3 is 24.1 Å². The maximum atomic E-state index is 12.7. The summed E-state index contributed by atoms with van der Waals surface area (Å²) in [5, 5.41) is 46.0. The summed E-state index contributed by atoms with van der Waals surface area (Å²) in [4.78, 5) is 45.3. The van der Waals surface area contributed by atoms with Gasteiger partial charge in [-0.1, -0.05) is 35.9 Å². The fraction of sp³-hybridized carbons (Fsp3) is 0.467. The second-order valence-corrected chi connectivity index (χ2v) is 11.6. The van der Waals surface area contributed by atoms with Crippen molar-refractivity contribution in [3.8, 4) is 5.75 Å². The average Bonchev–Trinajstić information content (AvgIpc) is 3.31. The largest absolute Gasteiger partial charge is 0.508 e. The van der Waals surface area contributed by atoms with Crippen LogP contribution in [0.5, 0.6) is 5.75 Å². The van der Waals surface area contributed by atoms with E-state index in [1.54, 1.807) is 0 Å². The summed E-state index contributed by atoms with van der Waals surface area (Å²) in [5.74, 6) is -6.47. The summed E-state index contributed by atoms with van der Waals surface area (Å²) in [6.07, 6.45) is -5.17. The van der Waals surface area contributed by atoms with Crippen LogP contribution >= 0.6 is 11.6 Å². The molecule has 2 aliphatic rings. The van der Waals surface area contributed by atoms with Gasteiger partial charge in [0.15, 0.2) is 5.60 Å². The van der Waals surface area contributed by atoms with Crippen molar-refractivity contribution in [3.63, 3.8) is 0 Å². The predicted molar refractivity (Wildman–Crippen MR) is 155 cm³/mol. The number of benzene rings is 2. The number of phenolic OH excluding ortho intramolecular Hbond substituents is 1. The standard InChI is InChI=1S/C24H26ClF3N2O3.C6H8O7/c25-21-6-5-19(31)12-17(21)11-18(22(32)29-15-24(26,27)28)13-30-9-7-23(8-10-30)20-4-2-1-3-16(20)14-33-23;7-3(8)1-6(13,5(11)12)2-4(9)10/h1-6,12,18,31H,7-11,13-15H2,(H,29,32);13H,1-2H2,(H,7,8)(H,9,10)(H,11,12). The van der Waals surface area contributed by atoms with Crippen LogP contribution in [0.25, 0.3) is 0 Å². The first-order valence-corrected chi connectivity index (χ1v) is 14.5. The quantitative estimate of drug-likeness (QED) is 0.205. The minimum Gasteiger partial charge on any atom is -0.508 e. The van der Waals surface area contributed by atoms with Gasteiger partial charge in [-0.25, -0.2) is 4.79 Å². The smallest absolute Gasteiger partial charge is 0.405 e. The first kappa shape index (κ1) is 36.5. The minimum atomic E-state index is -4.49. The van der Waals surface area contributed by atoms with E-state index in [4.69, 9.17) is 36.8 Å². The molecule has 0 aliphatic carbocycles. The number of fused-ring (bicyclic) bond motifs is 2. The number of nitrogens with one attached hydrogen (secondary N) is 1. The molecule has 1 spiro atoms. The molecule has 2 heterocycles. The fourth-order valence-corrected chi connectivity index (χ4v) is 5.67. The van der Waals surface area contributed by atoms with Gasteiger partial charge in [0.05, 0.1) is 31.0 Å². The number of hydrogen-bond acceptors (Lipinski definition) is 8. The first-order valence-electron chi connectivity index (χ1n) is 14.1. The number of carbonyl (C=O) groups is 4. The topological polar surface area (TPSA) is 194 Å². The van der Waals surface area contributed by atoms with Crippen molar-refractivity contribution in [2.45, 2.75) is 56.1 Å². The molecule has 0 aromatic heterocycles. The molecule has 46 heavy (non-hydrogen) atoms. The highest BCUT2D eigenvalue weighted by atomic mass is 35.5. The van der Waals surface area contributed by atoms with Gasteiger partial charge in [-0.3, -0.25) is 14.4 Å². The number of ether oxygens (including phenoxy) is 1. The molecule has 252 valence electrons. The fourth-order valence-electron chi connectivity index (χ4n) is 5.48. The molecule has 0 bridgehead atoms. The third kappa shape index (κ3) is 10.0. The molecule has 1 atom stereocenters. The molecule has 1 saturated heterocycles. The predicted octanol–water partition coefficient (Wildman–Crippen LogP) is 3.16. The van der Waals surface area contributed by atoms with E-state index in [1.807, 2.05) is 17.4 Å². The number of aliphatic carboxylic acids is 3. The maximum Gasteiger partial charge on any atom is 0.405 e. The number of carboxylic acids is 3. The number of amides is 1. The Morgan fingerprint density at radius 2 is 1.61 bits per heavy atom. The number of carbonyl (C=O) groups excluding carboxylic acids is 1. The number of likely N-dealkylation sites (tertiary alicyclic amines) is 1. The molecule has 0 saturated carbocycles. The van der Waals surface area contributed by atoms with Crippen LogP contribution in [0.4, 0.5) is 13.2 Å². The summed E-state index contributed by atoms with van der Waals surface area (Å²) >= 11 is 6.21. The number of hydrogen-bond donors (Lipinski definition) is 6. The summed E-state index contributed by atoms with van der Waals surface area (Å²) in [6, 6.07) is 12.5. The molecular formula is C30H34ClF3N2O10. The van der Waals surface area contributed by atoms with Gasteiger partial charge in [0.2, 0.25) is 5.91 Å². The lowest BCUT2D eigenvalue weighted by Crippen LogP contribution is -2.47. The van der Waals surface area contributed by atoms with Crippen LogP contribution in [0.1, 0.15) is 42.4 Å². The Morgan fingerprint density at radius 1 is 1.00 bits per heavy atom. The molecule has 0 radical (unpaired) electrons. The van der Waals surface area contributed by atoms with Crippen molar-refractivity contribution in [2.24, 2.45) is 5.92 Å². The maximum absolute atomic E-state index is 12.7. The number of aromatic hydroxyl groups is 1. The van der Waals surface area contributed by atoms with Gasteiger partial charge in [-0.15, -0.1) is 0 Å². The average molecular weight is 675 g/mol. The second kappa shape index (κ2) is 15.1. The van der Waals surface area contributed by atoms with Crippen LogP contribution in [0.2, 0.25) is 5.02 Å². The van der Waals surface area contributed by atoms with E-state index in [0.717, 1.165) is 12.8 Å². The van der Waals surface area contributed by atoms with E-state index >= 15 is 0 Å². The van der Waals surface area contributed by atoms with Crippen molar-refractivity contribution < 1.29 is 62.6 Å². The summed E-state index contributed by atoms with van der Waals surface area (Å²) in [7, 11) is 0. The highest BCUT2D eigenvalue weighted by Crippen LogP contribution is 2.44. The Kier molecular flexibility index (Phi) is 12.0. The second-order valence-electron chi connectivity index (χ2n) is 11.2. The van der Waals surface area contributed by atoms with Crippen LogP contribution in [0, 0.1) is 5.92 Å². The Balaban J connectivity index is 0.000000376. The first-order chi connectivity index (χ1) is 21.4. The zero-order valence-electron chi connectivity index (χ0n) is 24.4. The highest BCUT2D eigenvalue weighted by molar-refractivity contribution is 6.31. The van der Waals surface area contributed by atoms with Crippen LogP contribution < -0.4 is 5.32 Å². The Bertz CT molecular complexity index is 1410. The lowest BCUT2D eigenvalue weighted by Gasteiger charge is -2.40. The lowest BCUT2D eigenvalue weighted by atomic mass is 9.83. The van der Waals surface area contributed by atoms with Crippen LogP contribution in [-0.4, -0.2) is 92.2 Å². The van der Waals surface area contributed by atoms with E-state index in [2.05, 4.69) is 17.0 Å². The minimum absolute atomic E-state index is 0.0131. The molecule has 4 rings (SSSR count). The van der Waals surface area contributed by atoms with E-state index in [0.29, 0.717) is 30.3 Å². The number of carboxylic acid groups (broad SMARTS) is 3. The van der Waals surface area contributed by atoms with Gasteiger partial charge in [-0.2, -0.15) is 13.2 Å². The van der Waals surface area contributed by atoms with Gasteiger partial charge in [0, 0.05) is 24.7 Å². The molecule has 2 aliphatic heterocycles. The number of nitrogens with zero attached hydrogens (tertiary/aromatic N) is 1. The summed E-state index contributed by atoms with van der Waals surface area (Å²) in [5.41, 5.74) is -0.164. The van der Waals surface area contributed by atoms with E-state index in [9.17, 15) is 37.5 Å². The number of halogens is 4. The van der Waals surface area contributed by atoms with Crippen LogP contribution in [0.3, 0.4) is 0 Å². The van der Waals surface area contributed by atoms with E-state index in [-0.39, 0.29) is 24.3 Å². The normalized spacial score (nSPS) is 16.5. The van der Waals surface area contributed by atoms with Crippen molar-refractivity contribution >= 4 is 35.4 Å². The number of rotatable bonds is 11. The summed E-state index contributed by atoms with van der Waals surface area (Å²) in [6.45, 7) is 0.794. The Hall–Kier alpha value is -3.92. The Morgan fingerprint density at radius 3 is 2.17 bits per heavy atom. The van der Waals surface area contributed by atoms with Gasteiger partial charge in [0.25, 0.3) is 0 Å². The monoisotopic (exact) mass is 674 g/mol. The van der Waals surface area contributed by atoms with E-state index in [1.165, 1.54) is 29.3 Å². The molecule has 1 amide bonds. The lowest BCUT2D eigenvalue weighted by molar-refractivity contribution is -0.170. The number of aliphatic hydroxyl groups is 1. The number of alkyl halides is 3. The highest BCUT2D eigenvalue weighted by Gasteiger charge is 2.43. The van der Waals surface area contributed by atoms with Crippen molar-refractivity contribution in [2.75, 3.05) is 26.2 Å². The molecule has 6 N–H and O–H groups in total. The molecule has 1 unspecified atom stereocenters. The van der Waals surface area contributed by atoms with E-state index < -0.39 is 60.9 Å². The van der Waals surface area contributed by atoms with Crippen molar-refractivity contribution in [1.29, 1.82) is 0 Å². The van der Waals surface area contributed by atoms with Gasteiger partial charge < -0.3 is 40.5 Å². The van der Waals surface area contributed by atoms with Crippen LogP contribution in [0.15, 0.2) is 42.5 Å². The molecule has 1 fully saturated rings. The zero-order chi connectivity index (χ0) is 34.3. The number of piperidine rings is 1. The Labute approximate surface area is 266 Å². The van der Waals surface area contributed by atoms with Crippen molar-refractivity contribution in [1.82, 2.24) is 10.2 Å². The third-order valence-electron chi connectivity index (χ3n) is 7.77. The molecule has 2 aromatic rings. The third-order valence-corrected chi connectivity index (χ3v) is 8.14. The SMILES string of the molecule is O=C(NCC(F)(F)F)C(Cc1cc(O)ccc1Cl)CN1CCC2(CC1)OCc1ccccc12.O=C(O)CC(O)(CC(=O)O)C(=O)O. The van der Waals surface area contributed by atoms with Crippen molar-refractivity contribution in [3.05, 3.63) is 64.2 Å². The van der Waals surface area contributed by atoms with Gasteiger partial charge in [-0.05, 0) is 54.2 Å². The van der Waals surface area contributed by atoms with Crippen LogP contribution in [-0.2, 0) is 42.5 Å². The molecule has 16 heteroatoms. The summed E-state index contributed by atoms with van der Waals surface area (Å²) < 4.78 is 44.2. The number of phenols is 1. The molecule has 12 nitrogen and oxygen atoms in total.